The fourth-order valence-corrected chi connectivity index (χ4v) is 3.74. The van der Waals surface area contributed by atoms with E-state index >= 15 is 0 Å². The van der Waals surface area contributed by atoms with Crippen LogP contribution in [0.3, 0.4) is 0 Å². The number of nitrogens with zero attached hydrogens (tertiary/aromatic N) is 2. The lowest BCUT2D eigenvalue weighted by Crippen LogP contribution is -2.49. The summed E-state index contributed by atoms with van der Waals surface area (Å²) in [5.74, 6) is 1.54. The molecule has 1 aliphatic heterocycles. The smallest absolute Gasteiger partial charge is 0.120 e. The van der Waals surface area contributed by atoms with E-state index in [1.165, 1.54) is 5.69 Å². The van der Waals surface area contributed by atoms with Crippen LogP contribution in [-0.2, 0) is 6.61 Å². The first kappa shape index (κ1) is 21.2. The van der Waals surface area contributed by atoms with Crippen LogP contribution in [0.1, 0.15) is 5.56 Å². The van der Waals surface area contributed by atoms with Crippen LogP contribution in [0.2, 0.25) is 0 Å². The number of rotatable bonds is 9. The van der Waals surface area contributed by atoms with E-state index in [4.69, 9.17) is 9.47 Å². The van der Waals surface area contributed by atoms with E-state index in [0.717, 1.165) is 43.2 Å². The van der Waals surface area contributed by atoms with Gasteiger partial charge in [0.25, 0.3) is 0 Å². The Morgan fingerprint density at radius 3 is 1.94 bits per heavy atom. The molecule has 162 valence electrons. The average Bonchev–Trinajstić information content (AvgIpc) is 2.84. The lowest BCUT2D eigenvalue weighted by molar-refractivity contribution is 0.0663. The standard InChI is InChI=1S/C26H30N2O3/c29-24(19-27-15-17-28(18-16-27)23-9-5-2-6-10-23)21-31-26-13-11-25(12-14-26)30-20-22-7-3-1-4-8-22/h1-14,24,29H,15-21H2. The van der Waals surface area contributed by atoms with Gasteiger partial charge in [0.2, 0.25) is 0 Å². The predicted molar refractivity (Wildman–Crippen MR) is 124 cm³/mol. The number of anilines is 1. The maximum Gasteiger partial charge on any atom is 0.120 e. The number of hydrogen-bond donors (Lipinski definition) is 1. The van der Waals surface area contributed by atoms with Crippen molar-refractivity contribution in [3.63, 3.8) is 0 Å². The Balaban J connectivity index is 1.16. The Hall–Kier alpha value is -3.02. The molecule has 3 aromatic carbocycles. The Morgan fingerprint density at radius 2 is 1.29 bits per heavy atom. The van der Waals surface area contributed by atoms with E-state index in [1.54, 1.807) is 0 Å². The molecule has 3 aromatic rings. The molecule has 0 spiro atoms. The third-order valence-electron chi connectivity index (χ3n) is 5.48. The van der Waals surface area contributed by atoms with Gasteiger partial charge in [0, 0.05) is 38.4 Å². The Labute approximate surface area is 184 Å². The Kier molecular flexibility index (Phi) is 7.42. The molecule has 1 saturated heterocycles. The van der Waals surface area contributed by atoms with Crippen molar-refractivity contribution in [3.05, 3.63) is 90.5 Å². The summed E-state index contributed by atoms with van der Waals surface area (Å²) in [4.78, 5) is 4.69. The number of hydrogen-bond acceptors (Lipinski definition) is 5. The molecule has 5 nitrogen and oxygen atoms in total. The van der Waals surface area contributed by atoms with Gasteiger partial charge < -0.3 is 19.5 Å². The number of piperazine rings is 1. The van der Waals surface area contributed by atoms with E-state index in [0.29, 0.717) is 13.2 Å². The quantitative estimate of drug-likeness (QED) is 0.572. The van der Waals surface area contributed by atoms with Crippen LogP contribution in [0.4, 0.5) is 5.69 Å². The number of β-amino-alcohol motifs (C(OH)–C–C–N with tert-alkyl or cyclic N) is 1. The lowest BCUT2D eigenvalue weighted by Gasteiger charge is -2.36. The van der Waals surface area contributed by atoms with Gasteiger partial charge in [-0.05, 0) is 42.0 Å². The van der Waals surface area contributed by atoms with Crippen LogP contribution < -0.4 is 14.4 Å². The molecule has 0 radical (unpaired) electrons. The monoisotopic (exact) mass is 418 g/mol. The number of aliphatic hydroxyl groups excluding tert-OH is 1. The fourth-order valence-electron chi connectivity index (χ4n) is 3.74. The van der Waals surface area contributed by atoms with Crippen molar-refractivity contribution in [3.8, 4) is 11.5 Å². The molecule has 0 aliphatic carbocycles. The molecule has 0 aromatic heterocycles. The maximum atomic E-state index is 10.4. The van der Waals surface area contributed by atoms with E-state index in [9.17, 15) is 5.11 Å². The Morgan fingerprint density at radius 1 is 0.710 bits per heavy atom. The number of aliphatic hydroxyl groups is 1. The zero-order chi connectivity index (χ0) is 21.3. The van der Waals surface area contributed by atoms with Crippen LogP contribution in [0, 0.1) is 0 Å². The first-order chi connectivity index (χ1) is 15.3. The minimum atomic E-state index is -0.516. The molecule has 0 amide bonds. The zero-order valence-corrected chi connectivity index (χ0v) is 17.8. The molecule has 1 atom stereocenters. The van der Waals surface area contributed by atoms with E-state index < -0.39 is 6.10 Å². The zero-order valence-electron chi connectivity index (χ0n) is 17.8. The summed E-state index contributed by atoms with van der Waals surface area (Å²) in [5.41, 5.74) is 2.40. The normalized spacial score (nSPS) is 15.5. The van der Waals surface area contributed by atoms with Crippen LogP contribution in [0.5, 0.6) is 11.5 Å². The van der Waals surface area contributed by atoms with Crippen molar-refractivity contribution >= 4 is 5.69 Å². The lowest BCUT2D eigenvalue weighted by atomic mass is 10.2. The molecule has 0 bridgehead atoms. The van der Waals surface area contributed by atoms with Gasteiger partial charge in [-0.1, -0.05) is 48.5 Å². The molecule has 1 unspecified atom stereocenters. The third-order valence-corrected chi connectivity index (χ3v) is 5.48. The van der Waals surface area contributed by atoms with Crippen LogP contribution in [-0.4, -0.2) is 55.4 Å². The van der Waals surface area contributed by atoms with Gasteiger partial charge in [0.15, 0.2) is 0 Å². The first-order valence-corrected chi connectivity index (χ1v) is 10.9. The minimum Gasteiger partial charge on any atom is -0.491 e. The highest BCUT2D eigenvalue weighted by atomic mass is 16.5. The van der Waals surface area contributed by atoms with Gasteiger partial charge in [-0.25, -0.2) is 0 Å². The second-order valence-corrected chi connectivity index (χ2v) is 7.83. The SMILES string of the molecule is OC(COc1ccc(OCc2ccccc2)cc1)CN1CCN(c2ccccc2)CC1. The van der Waals surface area contributed by atoms with Crippen molar-refractivity contribution in [2.45, 2.75) is 12.7 Å². The van der Waals surface area contributed by atoms with Crippen molar-refractivity contribution in [1.29, 1.82) is 0 Å². The number of para-hydroxylation sites is 1. The molecule has 1 fully saturated rings. The summed E-state index contributed by atoms with van der Waals surface area (Å²) in [5, 5.41) is 10.4. The Bertz CT molecular complexity index is 895. The fraction of sp³-hybridized carbons (Fsp3) is 0.308. The molecule has 1 heterocycles. The van der Waals surface area contributed by atoms with E-state index in [-0.39, 0.29) is 6.61 Å². The summed E-state index contributed by atoms with van der Waals surface area (Å²) < 4.78 is 11.6. The van der Waals surface area contributed by atoms with Crippen molar-refractivity contribution in [2.75, 3.05) is 44.2 Å². The molecule has 31 heavy (non-hydrogen) atoms. The number of benzene rings is 3. The van der Waals surface area contributed by atoms with Gasteiger partial charge >= 0.3 is 0 Å². The largest absolute Gasteiger partial charge is 0.491 e. The summed E-state index contributed by atoms with van der Waals surface area (Å²) in [6.07, 6.45) is -0.516. The summed E-state index contributed by atoms with van der Waals surface area (Å²) >= 11 is 0. The minimum absolute atomic E-state index is 0.281. The summed E-state index contributed by atoms with van der Waals surface area (Å²) in [7, 11) is 0. The molecule has 0 saturated carbocycles. The van der Waals surface area contributed by atoms with Gasteiger partial charge in [-0.15, -0.1) is 0 Å². The maximum absolute atomic E-state index is 10.4. The highest BCUT2D eigenvalue weighted by Crippen LogP contribution is 2.19. The van der Waals surface area contributed by atoms with Gasteiger partial charge in [-0.2, -0.15) is 0 Å². The van der Waals surface area contributed by atoms with Crippen LogP contribution >= 0.6 is 0 Å². The second kappa shape index (κ2) is 10.8. The highest BCUT2D eigenvalue weighted by Gasteiger charge is 2.19. The van der Waals surface area contributed by atoms with Gasteiger partial charge in [0.05, 0.1) is 0 Å². The number of ether oxygens (including phenoxy) is 2. The predicted octanol–water partition coefficient (Wildman–Crippen LogP) is 3.83. The second-order valence-electron chi connectivity index (χ2n) is 7.83. The van der Waals surface area contributed by atoms with Gasteiger partial charge in [0.1, 0.15) is 30.8 Å². The molecule has 1 N–H and O–H groups in total. The summed E-state index contributed by atoms with van der Waals surface area (Å²) in [6.45, 7) is 5.28. The summed E-state index contributed by atoms with van der Waals surface area (Å²) in [6, 6.07) is 28.1. The average molecular weight is 419 g/mol. The molecule has 1 aliphatic rings. The van der Waals surface area contributed by atoms with Crippen molar-refractivity contribution < 1.29 is 14.6 Å². The third kappa shape index (κ3) is 6.48. The topological polar surface area (TPSA) is 45.2 Å². The molecular weight excluding hydrogens is 388 g/mol. The first-order valence-electron chi connectivity index (χ1n) is 10.9. The van der Waals surface area contributed by atoms with E-state index in [2.05, 4.69) is 34.1 Å². The van der Waals surface area contributed by atoms with Gasteiger partial charge in [-0.3, -0.25) is 4.90 Å². The van der Waals surface area contributed by atoms with Crippen LogP contribution in [0.25, 0.3) is 0 Å². The molecule has 5 heteroatoms. The van der Waals surface area contributed by atoms with Crippen molar-refractivity contribution in [2.24, 2.45) is 0 Å². The van der Waals surface area contributed by atoms with Crippen molar-refractivity contribution in [1.82, 2.24) is 4.90 Å². The highest BCUT2D eigenvalue weighted by molar-refractivity contribution is 5.46. The molecule has 4 rings (SSSR count). The van der Waals surface area contributed by atoms with E-state index in [1.807, 2.05) is 60.7 Å². The van der Waals surface area contributed by atoms with Crippen LogP contribution in [0.15, 0.2) is 84.9 Å². The molecular formula is C26H30N2O3.